The molecular weight excluding hydrogens is 448 g/mol. The van der Waals surface area contributed by atoms with Crippen molar-refractivity contribution in [1.82, 2.24) is 9.78 Å². The number of ether oxygens (including phenoxy) is 2. The van der Waals surface area contributed by atoms with Crippen LogP contribution in [0.15, 0.2) is 76.5 Å². The number of H-pyrrole nitrogens is 1. The largest absolute Gasteiger partial charge is 0.497 e. The molecule has 1 N–H and O–H groups in total. The fourth-order valence-electron chi connectivity index (χ4n) is 3.72. The first-order chi connectivity index (χ1) is 16.8. The molecule has 1 heterocycles. The molecule has 178 valence electrons. The summed E-state index contributed by atoms with van der Waals surface area (Å²) in [6.45, 7) is 3.53. The monoisotopic (exact) mass is 472 g/mol. The summed E-state index contributed by atoms with van der Waals surface area (Å²) in [6, 6.07) is 18.9. The second-order valence-corrected chi connectivity index (χ2v) is 7.85. The maximum absolute atomic E-state index is 13.6. The molecule has 0 radical (unpaired) electrons. The van der Waals surface area contributed by atoms with E-state index >= 15 is 0 Å². The highest BCUT2D eigenvalue weighted by atomic mass is 16.6. The van der Waals surface area contributed by atoms with Crippen molar-refractivity contribution in [3.63, 3.8) is 0 Å². The van der Waals surface area contributed by atoms with Gasteiger partial charge in [-0.25, -0.2) is 4.68 Å². The van der Waals surface area contributed by atoms with Gasteiger partial charge in [-0.15, -0.1) is 0 Å². The van der Waals surface area contributed by atoms with Gasteiger partial charge in [-0.3, -0.25) is 25.0 Å². The fraction of sp³-hybridized carbons (Fsp3) is 0.154. The van der Waals surface area contributed by atoms with Gasteiger partial charge >= 0.3 is 0 Å². The number of nitrogens with zero attached hydrogens (tertiary/aromatic N) is 3. The van der Waals surface area contributed by atoms with Gasteiger partial charge < -0.3 is 9.47 Å². The number of hydrogen-bond donors (Lipinski definition) is 1. The molecule has 0 aliphatic heterocycles. The zero-order valence-electron chi connectivity index (χ0n) is 19.7. The Morgan fingerprint density at radius 2 is 1.57 bits per heavy atom. The van der Waals surface area contributed by atoms with Crippen molar-refractivity contribution in [3.8, 4) is 28.4 Å². The van der Waals surface area contributed by atoms with E-state index in [4.69, 9.17) is 9.47 Å². The molecule has 1 aromatic heterocycles. The lowest BCUT2D eigenvalue weighted by Gasteiger charge is -2.06. The van der Waals surface area contributed by atoms with Gasteiger partial charge in [0.05, 0.1) is 47.5 Å². The minimum Gasteiger partial charge on any atom is -0.497 e. The molecule has 0 aliphatic carbocycles. The molecule has 4 aromatic rings. The summed E-state index contributed by atoms with van der Waals surface area (Å²) < 4.78 is 11.9. The molecule has 0 saturated carbocycles. The van der Waals surface area contributed by atoms with Crippen LogP contribution in [0, 0.1) is 17.0 Å². The molecule has 0 amide bonds. The van der Waals surface area contributed by atoms with Gasteiger partial charge in [0.25, 0.3) is 11.2 Å². The number of aliphatic imine (C=N–C) groups is 1. The Hall–Kier alpha value is -4.66. The van der Waals surface area contributed by atoms with E-state index in [2.05, 4.69) is 10.1 Å². The SMILES string of the molecule is COc1ccc(-c2[nH]n(-c3ccc(OC)cc3)c(=O)c2C(C)=Nc2cc([N+](=O)[O-])ccc2C)cc1. The highest BCUT2D eigenvalue weighted by Crippen LogP contribution is 2.28. The molecule has 35 heavy (non-hydrogen) atoms. The minimum absolute atomic E-state index is 0.0674. The average molecular weight is 473 g/mol. The molecule has 9 nitrogen and oxygen atoms in total. The van der Waals surface area contributed by atoms with Gasteiger partial charge in [0.1, 0.15) is 11.5 Å². The molecule has 0 atom stereocenters. The summed E-state index contributed by atoms with van der Waals surface area (Å²) >= 11 is 0. The number of nitro benzene ring substituents is 1. The number of hydrogen-bond acceptors (Lipinski definition) is 6. The molecule has 3 aromatic carbocycles. The Bertz CT molecular complexity index is 1470. The first-order valence-electron chi connectivity index (χ1n) is 10.8. The molecule has 4 rings (SSSR count). The van der Waals surface area contributed by atoms with Crippen molar-refractivity contribution in [2.24, 2.45) is 4.99 Å². The van der Waals surface area contributed by atoms with Gasteiger partial charge in [-0.1, -0.05) is 6.07 Å². The molecule has 0 aliphatic rings. The predicted molar refractivity (Wildman–Crippen MR) is 135 cm³/mol. The first kappa shape index (κ1) is 23.5. The van der Waals surface area contributed by atoms with Crippen LogP contribution in [-0.4, -0.2) is 34.6 Å². The molecule has 0 saturated heterocycles. The molecule has 0 spiro atoms. The third-order valence-electron chi connectivity index (χ3n) is 5.65. The van der Waals surface area contributed by atoms with Crippen LogP contribution in [0.1, 0.15) is 18.1 Å². The molecule has 9 heteroatoms. The second-order valence-electron chi connectivity index (χ2n) is 7.85. The van der Waals surface area contributed by atoms with Crippen LogP contribution in [0.25, 0.3) is 16.9 Å². The lowest BCUT2D eigenvalue weighted by atomic mass is 10.0. The van der Waals surface area contributed by atoms with Crippen LogP contribution < -0.4 is 15.0 Å². The van der Waals surface area contributed by atoms with Gasteiger partial charge in [-0.2, -0.15) is 0 Å². The van der Waals surface area contributed by atoms with E-state index < -0.39 is 4.92 Å². The lowest BCUT2D eigenvalue weighted by molar-refractivity contribution is -0.384. The van der Waals surface area contributed by atoms with Crippen molar-refractivity contribution in [2.75, 3.05) is 14.2 Å². The lowest BCUT2D eigenvalue weighted by Crippen LogP contribution is -2.19. The van der Waals surface area contributed by atoms with E-state index in [9.17, 15) is 14.9 Å². The van der Waals surface area contributed by atoms with Crippen molar-refractivity contribution in [3.05, 3.63) is 98.3 Å². The number of aromatic nitrogens is 2. The van der Waals surface area contributed by atoms with Gasteiger partial charge in [-0.05, 0) is 67.9 Å². The number of nitro groups is 1. The number of nitrogens with one attached hydrogen (secondary N) is 1. The standard InChI is InChI=1S/C26H24N4O5/c1-16-5-8-20(30(32)33)15-23(16)27-17(2)24-25(18-6-11-21(34-3)12-7-18)28-29(26(24)31)19-9-13-22(35-4)14-10-19/h5-15,28H,1-4H3. The van der Waals surface area contributed by atoms with Crippen molar-refractivity contribution >= 4 is 17.1 Å². The van der Waals surface area contributed by atoms with E-state index in [1.165, 1.54) is 16.8 Å². The Balaban J connectivity index is 1.91. The Labute approximate surface area is 201 Å². The molecular formula is C26H24N4O5. The smallest absolute Gasteiger partial charge is 0.280 e. The van der Waals surface area contributed by atoms with Gasteiger partial charge in [0.15, 0.2) is 0 Å². The summed E-state index contributed by atoms with van der Waals surface area (Å²) in [4.78, 5) is 29.0. The summed E-state index contributed by atoms with van der Waals surface area (Å²) in [5, 5.41) is 14.5. The number of methoxy groups -OCH3 is 2. The number of aromatic amines is 1. The van der Waals surface area contributed by atoms with Crippen molar-refractivity contribution < 1.29 is 14.4 Å². The van der Waals surface area contributed by atoms with E-state index in [-0.39, 0.29) is 11.2 Å². The Morgan fingerprint density at radius 1 is 0.971 bits per heavy atom. The third-order valence-corrected chi connectivity index (χ3v) is 5.65. The maximum Gasteiger partial charge on any atom is 0.280 e. The van der Waals surface area contributed by atoms with E-state index in [1.807, 2.05) is 19.1 Å². The van der Waals surface area contributed by atoms with Crippen LogP contribution in [0.5, 0.6) is 11.5 Å². The number of non-ortho nitro benzene ring substituents is 1. The van der Waals surface area contributed by atoms with E-state index in [1.54, 1.807) is 63.6 Å². The Kier molecular flexibility index (Phi) is 6.50. The summed E-state index contributed by atoms with van der Waals surface area (Å²) in [5.41, 5.74) is 3.54. The molecule has 0 unspecified atom stereocenters. The van der Waals surface area contributed by atoms with Crippen LogP contribution in [-0.2, 0) is 0 Å². The van der Waals surface area contributed by atoms with E-state index in [0.29, 0.717) is 39.8 Å². The summed E-state index contributed by atoms with van der Waals surface area (Å²) in [5.74, 6) is 1.35. The second kappa shape index (κ2) is 9.68. The normalized spacial score (nSPS) is 11.4. The topological polar surface area (TPSA) is 112 Å². The highest BCUT2D eigenvalue weighted by Gasteiger charge is 2.20. The van der Waals surface area contributed by atoms with Crippen LogP contribution in [0.3, 0.4) is 0 Å². The number of benzene rings is 3. The number of aryl methyl sites for hydroxylation is 1. The summed E-state index contributed by atoms with van der Waals surface area (Å²) in [7, 11) is 3.16. The first-order valence-corrected chi connectivity index (χ1v) is 10.8. The van der Waals surface area contributed by atoms with Gasteiger partial charge in [0.2, 0.25) is 0 Å². The van der Waals surface area contributed by atoms with Crippen molar-refractivity contribution in [2.45, 2.75) is 13.8 Å². The van der Waals surface area contributed by atoms with Crippen LogP contribution in [0.2, 0.25) is 0 Å². The zero-order valence-corrected chi connectivity index (χ0v) is 19.7. The Morgan fingerprint density at radius 3 is 2.14 bits per heavy atom. The zero-order chi connectivity index (χ0) is 25.1. The quantitative estimate of drug-likeness (QED) is 0.226. The fourth-order valence-corrected chi connectivity index (χ4v) is 3.72. The third kappa shape index (κ3) is 4.70. The minimum atomic E-state index is -0.469. The highest BCUT2D eigenvalue weighted by molar-refractivity contribution is 6.05. The van der Waals surface area contributed by atoms with Gasteiger partial charge in [0, 0.05) is 17.7 Å². The van der Waals surface area contributed by atoms with E-state index in [0.717, 1.165) is 11.1 Å². The average Bonchev–Trinajstić information content (AvgIpc) is 3.22. The van der Waals surface area contributed by atoms with Crippen LogP contribution in [0.4, 0.5) is 11.4 Å². The number of rotatable bonds is 7. The molecule has 0 fully saturated rings. The van der Waals surface area contributed by atoms with Crippen molar-refractivity contribution in [1.29, 1.82) is 0 Å². The predicted octanol–water partition coefficient (Wildman–Crippen LogP) is 5.21. The summed E-state index contributed by atoms with van der Waals surface area (Å²) in [6.07, 6.45) is 0. The maximum atomic E-state index is 13.6. The molecule has 0 bridgehead atoms. The van der Waals surface area contributed by atoms with Crippen LogP contribution >= 0.6 is 0 Å².